The second-order valence-electron chi connectivity index (χ2n) is 5.03. The highest BCUT2D eigenvalue weighted by Gasteiger charge is 2.35. The molecule has 114 valence electrons. The highest BCUT2D eigenvalue weighted by atomic mass is 16.5. The lowest BCUT2D eigenvalue weighted by Crippen LogP contribution is -2.28. The van der Waals surface area contributed by atoms with Crippen LogP contribution >= 0.6 is 0 Å². The summed E-state index contributed by atoms with van der Waals surface area (Å²) >= 11 is 0. The van der Waals surface area contributed by atoms with Gasteiger partial charge < -0.3 is 9.84 Å². The molecule has 23 heavy (non-hydrogen) atoms. The molecule has 5 heteroatoms. The van der Waals surface area contributed by atoms with E-state index in [1.165, 1.54) is 19.2 Å². The fourth-order valence-corrected chi connectivity index (χ4v) is 2.50. The predicted molar refractivity (Wildman–Crippen MR) is 85.2 cm³/mol. The third-order valence-electron chi connectivity index (χ3n) is 3.71. The first kappa shape index (κ1) is 14.7. The van der Waals surface area contributed by atoms with Crippen LogP contribution in [0.2, 0.25) is 0 Å². The zero-order valence-corrected chi connectivity index (χ0v) is 12.3. The summed E-state index contributed by atoms with van der Waals surface area (Å²) in [6, 6.07) is 13.0. The van der Waals surface area contributed by atoms with E-state index in [9.17, 15) is 14.7 Å². The third-order valence-corrected chi connectivity index (χ3v) is 3.71. The number of aliphatic hydroxyl groups is 1. The first-order chi connectivity index (χ1) is 11.0. The van der Waals surface area contributed by atoms with Gasteiger partial charge in [-0.1, -0.05) is 30.3 Å². The number of allylic oxidation sites excluding steroid dienone is 1. The maximum Gasteiger partial charge on any atom is 0.239 e. The minimum absolute atomic E-state index is 0.109. The number of fused-ring (bicyclic) bond motifs is 1. The van der Waals surface area contributed by atoms with Crippen molar-refractivity contribution in [3.63, 3.8) is 0 Å². The number of hydrogen-bond donors (Lipinski definition) is 2. The predicted octanol–water partition coefficient (Wildman–Crippen LogP) is 2.80. The van der Waals surface area contributed by atoms with Gasteiger partial charge in [-0.05, 0) is 18.2 Å². The molecule has 0 spiro atoms. The third kappa shape index (κ3) is 2.32. The Morgan fingerprint density at radius 2 is 1.70 bits per heavy atom. The van der Waals surface area contributed by atoms with E-state index in [-0.39, 0.29) is 28.2 Å². The lowest BCUT2D eigenvalue weighted by Gasteiger charge is -2.19. The average Bonchev–Trinajstić information content (AvgIpc) is 2.60. The van der Waals surface area contributed by atoms with Gasteiger partial charge in [0.05, 0.1) is 18.4 Å². The molecule has 0 amide bonds. The van der Waals surface area contributed by atoms with Crippen molar-refractivity contribution in [2.45, 2.75) is 0 Å². The van der Waals surface area contributed by atoms with E-state index in [1.807, 2.05) is 0 Å². The number of Topliss-reactive ketones (excluding diaryl/α,β-unsaturated/α-hetero) is 2. The second kappa shape index (κ2) is 5.53. The molecule has 0 radical (unpaired) electrons. The molecule has 0 saturated heterocycles. The molecule has 5 nitrogen and oxygen atoms in total. The van der Waals surface area contributed by atoms with Crippen LogP contribution in [0.1, 0.15) is 21.5 Å². The Hall–Kier alpha value is -3.21. The summed E-state index contributed by atoms with van der Waals surface area (Å²) in [5.41, 5.74) is 0.279. The number of ether oxygens (including phenoxy) is 1. The number of carbonyl (C=O) groups is 2. The van der Waals surface area contributed by atoms with Crippen molar-refractivity contribution in [3.8, 4) is 5.75 Å². The Bertz CT molecular complexity index is 866. The molecule has 0 unspecified atom stereocenters. The van der Waals surface area contributed by atoms with E-state index in [1.54, 1.807) is 36.4 Å². The van der Waals surface area contributed by atoms with E-state index >= 15 is 0 Å². The quantitative estimate of drug-likeness (QED) is 0.674. The Morgan fingerprint density at radius 3 is 2.35 bits per heavy atom. The summed E-state index contributed by atoms with van der Waals surface area (Å²) in [5.74, 6) is -1.55. The Balaban J connectivity index is 2.20. The average molecular weight is 307 g/mol. The summed E-state index contributed by atoms with van der Waals surface area (Å²) < 4.78 is 5.09. The second-order valence-corrected chi connectivity index (χ2v) is 5.03. The van der Waals surface area contributed by atoms with Gasteiger partial charge in [0, 0.05) is 16.7 Å². The molecule has 0 saturated carbocycles. The van der Waals surface area contributed by atoms with Crippen LogP contribution < -0.4 is 4.74 Å². The number of rotatable bonds is 3. The first-order valence-corrected chi connectivity index (χ1v) is 6.89. The molecule has 2 N–H and O–H groups in total. The molecule has 0 atom stereocenters. The van der Waals surface area contributed by atoms with Crippen molar-refractivity contribution in [2.75, 3.05) is 7.11 Å². The van der Waals surface area contributed by atoms with E-state index in [0.29, 0.717) is 11.3 Å². The number of aliphatic hydroxyl groups excluding tert-OH is 1. The van der Waals surface area contributed by atoms with Crippen LogP contribution in [0.4, 0.5) is 0 Å². The maximum atomic E-state index is 12.3. The molecule has 2 aromatic carbocycles. The molecule has 0 aromatic heterocycles. The van der Waals surface area contributed by atoms with Crippen molar-refractivity contribution < 1.29 is 19.4 Å². The Kier molecular flexibility index (Phi) is 3.54. The lowest BCUT2D eigenvalue weighted by molar-refractivity contribution is -0.111. The van der Waals surface area contributed by atoms with Crippen LogP contribution in [0.5, 0.6) is 5.75 Å². The summed E-state index contributed by atoms with van der Waals surface area (Å²) in [5, 5.41) is 18.7. The van der Waals surface area contributed by atoms with E-state index < -0.39 is 11.6 Å². The minimum Gasteiger partial charge on any atom is -0.506 e. The van der Waals surface area contributed by atoms with E-state index in [4.69, 9.17) is 10.1 Å². The van der Waals surface area contributed by atoms with Gasteiger partial charge in [-0.15, -0.1) is 0 Å². The van der Waals surface area contributed by atoms with Crippen molar-refractivity contribution in [2.24, 2.45) is 0 Å². The van der Waals surface area contributed by atoms with Gasteiger partial charge in [-0.3, -0.25) is 15.0 Å². The van der Waals surface area contributed by atoms with Gasteiger partial charge in [-0.25, -0.2) is 0 Å². The number of ketones is 2. The van der Waals surface area contributed by atoms with E-state index in [0.717, 1.165) is 0 Å². The zero-order chi connectivity index (χ0) is 16.6. The monoisotopic (exact) mass is 307 g/mol. The van der Waals surface area contributed by atoms with Crippen LogP contribution in [-0.4, -0.2) is 29.5 Å². The lowest BCUT2D eigenvalue weighted by atomic mass is 9.84. The van der Waals surface area contributed by atoms with Crippen LogP contribution in [-0.2, 0) is 4.79 Å². The van der Waals surface area contributed by atoms with Gasteiger partial charge in [0.15, 0.2) is 0 Å². The maximum absolute atomic E-state index is 12.3. The summed E-state index contributed by atoms with van der Waals surface area (Å²) in [6.07, 6.45) is 0. The number of carbonyl (C=O) groups excluding carboxylic acids is 2. The fourth-order valence-electron chi connectivity index (χ4n) is 2.50. The van der Waals surface area contributed by atoms with E-state index in [2.05, 4.69) is 0 Å². The largest absolute Gasteiger partial charge is 0.506 e. The minimum atomic E-state index is -0.881. The topological polar surface area (TPSA) is 87.4 Å². The zero-order valence-electron chi connectivity index (χ0n) is 12.3. The molecular formula is C18H13NO4. The number of methoxy groups -OCH3 is 1. The Labute approximate surface area is 132 Å². The van der Waals surface area contributed by atoms with Crippen molar-refractivity contribution in [1.82, 2.24) is 0 Å². The normalized spacial score (nSPS) is 13.8. The SMILES string of the molecule is COc1ccc2c(c1)C(O)=C(C(=N)c1ccccc1)C(=O)C2=O. The number of benzene rings is 2. The summed E-state index contributed by atoms with van der Waals surface area (Å²) in [6.45, 7) is 0. The Morgan fingerprint density at radius 1 is 1.00 bits per heavy atom. The van der Waals surface area contributed by atoms with Gasteiger partial charge in [0.2, 0.25) is 11.6 Å². The summed E-state index contributed by atoms with van der Waals surface area (Å²) in [7, 11) is 1.46. The van der Waals surface area contributed by atoms with Crippen molar-refractivity contribution in [3.05, 3.63) is 70.8 Å². The van der Waals surface area contributed by atoms with Crippen molar-refractivity contribution in [1.29, 1.82) is 5.41 Å². The number of hydrogen-bond acceptors (Lipinski definition) is 5. The standard InChI is InChI=1S/C18H13NO4/c1-23-11-7-8-12-13(9-11)16(20)14(18(22)17(12)21)15(19)10-5-3-2-4-6-10/h2-9,19-20H,1H3. The molecule has 0 heterocycles. The molecule has 0 aliphatic heterocycles. The molecule has 1 aliphatic rings. The van der Waals surface area contributed by atoms with Crippen LogP contribution in [0.25, 0.3) is 5.76 Å². The van der Waals surface area contributed by atoms with Gasteiger partial charge in [0.1, 0.15) is 11.5 Å². The highest BCUT2D eigenvalue weighted by Crippen LogP contribution is 2.32. The molecular weight excluding hydrogens is 294 g/mol. The van der Waals surface area contributed by atoms with Crippen LogP contribution in [0, 0.1) is 5.41 Å². The smallest absolute Gasteiger partial charge is 0.239 e. The highest BCUT2D eigenvalue weighted by molar-refractivity contribution is 6.58. The first-order valence-electron chi connectivity index (χ1n) is 6.89. The molecule has 0 bridgehead atoms. The molecule has 2 aromatic rings. The van der Waals surface area contributed by atoms with Crippen LogP contribution in [0.3, 0.4) is 0 Å². The van der Waals surface area contributed by atoms with Gasteiger partial charge in [-0.2, -0.15) is 0 Å². The summed E-state index contributed by atoms with van der Waals surface area (Å²) in [4.78, 5) is 24.6. The van der Waals surface area contributed by atoms with Gasteiger partial charge >= 0.3 is 0 Å². The van der Waals surface area contributed by atoms with Gasteiger partial charge in [0.25, 0.3) is 0 Å². The molecule has 3 rings (SSSR count). The molecule has 0 fully saturated rings. The molecule has 1 aliphatic carbocycles. The van der Waals surface area contributed by atoms with Crippen molar-refractivity contribution >= 4 is 23.0 Å². The fraction of sp³-hybridized carbons (Fsp3) is 0.0556. The number of nitrogens with one attached hydrogen (secondary N) is 1. The van der Waals surface area contributed by atoms with Crippen LogP contribution in [0.15, 0.2) is 54.1 Å².